The molecule has 0 amide bonds. The number of halogens is 1. The van der Waals surface area contributed by atoms with Crippen molar-refractivity contribution in [3.63, 3.8) is 0 Å². The van der Waals surface area contributed by atoms with Gasteiger partial charge < -0.3 is 15.4 Å². The Hall–Kier alpha value is -2.24. The summed E-state index contributed by atoms with van der Waals surface area (Å²) in [7, 11) is 1.68. The maximum absolute atomic E-state index is 10.9. The molecule has 3 rings (SSSR count). The van der Waals surface area contributed by atoms with Crippen molar-refractivity contribution in [2.24, 2.45) is 4.99 Å². The summed E-state index contributed by atoms with van der Waals surface area (Å²) >= 11 is 0. The first kappa shape index (κ1) is 27.0. The first-order valence-corrected chi connectivity index (χ1v) is 11.1. The van der Waals surface area contributed by atoms with Crippen molar-refractivity contribution in [1.29, 1.82) is 0 Å². The predicted octanol–water partition coefficient (Wildman–Crippen LogP) is 3.95. The molecule has 0 spiro atoms. The number of ether oxygens (including phenoxy) is 1. The van der Waals surface area contributed by atoms with Gasteiger partial charge in [0.25, 0.3) is 5.69 Å². The molecule has 0 radical (unpaired) electrons. The van der Waals surface area contributed by atoms with Crippen LogP contribution in [0.5, 0.6) is 0 Å². The average molecular weight is 567 g/mol. The quantitative estimate of drug-likeness (QED) is 0.157. The van der Waals surface area contributed by atoms with E-state index in [1.807, 2.05) is 0 Å². The minimum absolute atomic E-state index is 0. The van der Waals surface area contributed by atoms with E-state index in [0.717, 1.165) is 44.0 Å². The maximum atomic E-state index is 10.9. The number of guanidine groups is 1. The number of piperidine rings is 1. The summed E-state index contributed by atoms with van der Waals surface area (Å²) in [6.07, 6.45) is 2.09. The second-order valence-electron chi connectivity index (χ2n) is 8.27. The summed E-state index contributed by atoms with van der Waals surface area (Å²) in [4.78, 5) is 17.7. The van der Waals surface area contributed by atoms with Gasteiger partial charge in [-0.2, -0.15) is 0 Å². The smallest absolute Gasteiger partial charge is 0.269 e. The van der Waals surface area contributed by atoms with Crippen LogP contribution in [-0.2, 0) is 17.8 Å². The molecule has 0 aromatic heterocycles. The van der Waals surface area contributed by atoms with Crippen LogP contribution in [0.3, 0.4) is 0 Å². The zero-order chi connectivity index (χ0) is 22.8. The fourth-order valence-corrected chi connectivity index (χ4v) is 3.82. The Labute approximate surface area is 213 Å². The summed E-state index contributed by atoms with van der Waals surface area (Å²) in [6.45, 7) is 6.13. The standard InChI is InChI=1S/C24H33N5O3.HI/c1-19(18-32-2)26-24(25-16-20-8-10-23(11-9-20)29(30)31)27-22-12-14-28(15-13-22)17-21-6-4-3-5-7-21;/h3-11,19,22H,12-18H2,1-2H3,(H2,25,26,27);1H. The molecule has 1 heterocycles. The minimum atomic E-state index is -0.391. The number of nitro benzene ring substituents is 1. The number of likely N-dealkylation sites (tertiary alicyclic amines) is 1. The summed E-state index contributed by atoms with van der Waals surface area (Å²) in [6, 6.07) is 17.6. The Morgan fingerprint density at radius 3 is 2.42 bits per heavy atom. The minimum Gasteiger partial charge on any atom is -0.383 e. The van der Waals surface area contributed by atoms with Gasteiger partial charge in [-0.3, -0.25) is 15.0 Å². The number of nitrogens with zero attached hydrogens (tertiary/aromatic N) is 3. The molecule has 1 aliphatic rings. The zero-order valence-corrected chi connectivity index (χ0v) is 21.6. The number of nitro groups is 1. The predicted molar refractivity (Wildman–Crippen MR) is 142 cm³/mol. The van der Waals surface area contributed by atoms with Crippen molar-refractivity contribution in [3.8, 4) is 0 Å². The topological polar surface area (TPSA) is 92.0 Å². The van der Waals surface area contributed by atoms with Crippen LogP contribution in [0.15, 0.2) is 59.6 Å². The van der Waals surface area contributed by atoms with E-state index in [-0.39, 0.29) is 35.7 Å². The van der Waals surface area contributed by atoms with Gasteiger partial charge in [0, 0.05) is 51.0 Å². The summed E-state index contributed by atoms with van der Waals surface area (Å²) in [5.74, 6) is 0.745. The number of hydrogen-bond donors (Lipinski definition) is 2. The van der Waals surface area contributed by atoms with Crippen LogP contribution >= 0.6 is 24.0 Å². The highest BCUT2D eigenvalue weighted by Crippen LogP contribution is 2.15. The summed E-state index contributed by atoms with van der Waals surface area (Å²) in [5.41, 5.74) is 2.36. The highest BCUT2D eigenvalue weighted by molar-refractivity contribution is 14.0. The van der Waals surface area contributed by atoms with Gasteiger partial charge in [0.05, 0.1) is 18.1 Å². The highest BCUT2D eigenvalue weighted by atomic mass is 127. The molecule has 180 valence electrons. The first-order chi connectivity index (χ1) is 15.5. The van der Waals surface area contributed by atoms with Crippen LogP contribution in [0.4, 0.5) is 5.69 Å². The van der Waals surface area contributed by atoms with Crippen LogP contribution in [0, 0.1) is 10.1 Å². The lowest BCUT2D eigenvalue weighted by atomic mass is 10.0. The molecule has 8 nitrogen and oxygen atoms in total. The van der Waals surface area contributed by atoms with Crippen molar-refractivity contribution in [2.75, 3.05) is 26.8 Å². The van der Waals surface area contributed by atoms with E-state index >= 15 is 0 Å². The monoisotopic (exact) mass is 567 g/mol. The molecule has 1 saturated heterocycles. The number of non-ortho nitro benzene ring substituents is 1. The van der Waals surface area contributed by atoms with Crippen molar-refractivity contribution in [2.45, 2.75) is 44.9 Å². The van der Waals surface area contributed by atoms with E-state index in [2.05, 4.69) is 52.8 Å². The molecule has 0 aliphatic carbocycles. The third-order valence-electron chi connectivity index (χ3n) is 5.54. The van der Waals surface area contributed by atoms with Gasteiger partial charge in [0.1, 0.15) is 0 Å². The summed E-state index contributed by atoms with van der Waals surface area (Å²) in [5, 5.41) is 17.8. The molecule has 2 N–H and O–H groups in total. The largest absolute Gasteiger partial charge is 0.383 e. The van der Waals surface area contributed by atoms with Gasteiger partial charge in [-0.25, -0.2) is 4.99 Å². The lowest BCUT2D eigenvalue weighted by Gasteiger charge is -2.33. The van der Waals surface area contributed by atoms with Crippen molar-refractivity contribution < 1.29 is 9.66 Å². The lowest BCUT2D eigenvalue weighted by molar-refractivity contribution is -0.384. The molecular formula is C24H34IN5O3. The number of benzene rings is 2. The number of methoxy groups -OCH3 is 1. The maximum Gasteiger partial charge on any atom is 0.269 e. The number of aliphatic imine (C=N–C) groups is 1. The molecule has 0 bridgehead atoms. The van der Waals surface area contributed by atoms with Gasteiger partial charge in [-0.15, -0.1) is 24.0 Å². The number of nitrogens with one attached hydrogen (secondary N) is 2. The first-order valence-electron chi connectivity index (χ1n) is 11.1. The molecule has 1 unspecified atom stereocenters. The normalized spacial score (nSPS) is 16.0. The molecule has 0 saturated carbocycles. The van der Waals surface area contributed by atoms with Crippen molar-refractivity contribution >= 4 is 35.6 Å². The van der Waals surface area contributed by atoms with E-state index in [1.165, 1.54) is 17.7 Å². The van der Waals surface area contributed by atoms with Gasteiger partial charge in [-0.05, 0) is 30.9 Å². The molecule has 2 aromatic rings. The Morgan fingerprint density at radius 1 is 1.15 bits per heavy atom. The van der Waals surface area contributed by atoms with Crippen LogP contribution in [0.1, 0.15) is 30.9 Å². The van der Waals surface area contributed by atoms with Crippen molar-refractivity contribution in [3.05, 3.63) is 75.8 Å². The van der Waals surface area contributed by atoms with E-state index in [4.69, 9.17) is 9.73 Å². The van der Waals surface area contributed by atoms with Gasteiger partial charge in [0.15, 0.2) is 5.96 Å². The van der Waals surface area contributed by atoms with E-state index in [1.54, 1.807) is 19.2 Å². The molecule has 33 heavy (non-hydrogen) atoms. The second kappa shape index (κ2) is 14.1. The molecule has 1 atom stereocenters. The molecule has 9 heteroatoms. The Bertz CT molecular complexity index is 871. The van der Waals surface area contributed by atoms with Crippen molar-refractivity contribution in [1.82, 2.24) is 15.5 Å². The van der Waals surface area contributed by atoms with E-state index in [9.17, 15) is 10.1 Å². The van der Waals surface area contributed by atoms with Crippen LogP contribution in [0.2, 0.25) is 0 Å². The SMILES string of the molecule is COCC(C)NC(=NCc1ccc([N+](=O)[O-])cc1)NC1CCN(Cc2ccccc2)CC1.I. The molecule has 2 aromatic carbocycles. The van der Waals surface area contributed by atoms with Crippen LogP contribution < -0.4 is 10.6 Å². The Kier molecular flexibility index (Phi) is 11.6. The number of hydrogen-bond acceptors (Lipinski definition) is 5. The summed E-state index contributed by atoms with van der Waals surface area (Å²) < 4.78 is 5.25. The van der Waals surface area contributed by atoms with E-state index in [0.29, 0.717) is 19.2 Å². The third kappa shape index (κ3) is 9.26. The van der Waals surface area contributed by atoms with E-state index < -0.39 is 4.92 Å². The average Bonchev–Trinajstić information content (AvgIpc) is 2.80. The van der Waals surface area contributed by atoms with Crippen LogP contribution in [0.25, 0.3) is 0 Å². The second-order valence-corrected chi connectivity index (χ2v) is 8.27. The van der Waals surface area contributed by atoms with Gasteiger partial charge >= 0.3 is 0 Å². The third-order valence-corrected chi connectivity index (χ3v) is 5.54. The van der Waals surface area contributed by atoms with Gasteiger partial charge in [-0.1, -0.05) is 42.5 Å². The molecule has 1 fully saturated rings. The van der Waals surface area contributed by atoms with Crippen LogP contribution in [-0.4, -0.2) is 54.7 Å². The lowest BCUT2D eigenvalue weighted by Crippen LogP contribution is -2.51. The molecular weight excluding hydrogens is 533 g/mol. The zero-order valence-electron chi connectivity index (χ0n) is 19.3. The fraction of sp³-hybridized carbons (Fsp3) is 0.458. The fourth-order valence-electron chi connectivity index (χ4n) is 3.82. The highest BCUT2D eigenvalue weighted by Gasteiger charge is 2.20. The van der Waals surface area contributed by atoms with Gasteiger partial charge in [0.2, 0.25) is 0 Å². The molecule has 1 aliphatic heterocycles. The Balaban J connectivity index is 0.00000385. The number of rotatable bonds is 9. The Morgan fingerprint density at radius 2 is 1.82 bits per heavy atom.